The van der Waals surface area contributed by atoms with Gasteiger partial charge in [-0.1, -0.05) is 37.1 Å². The molecule has 32 heavy (non-hydrogen) atoms. The van der Waals surface area contributed by atoms with Gasteiger partial charge in [-0.3, -0.25) is 4.79 Å². The summed E-state index contributed by atoms with van der Waals surface area (Å²) in [6.45, 7) is 4.31. The number of aromatic carboxylic acids is 1. The molecule has 2 aliphatic rings. The van der Waals surface area contributed by atoms with Gasteiger partial charge in [-0.05, 0) is 61.4 Å². The minimum Gasteiger partial charge on any atom is -0.493 e. The molecule has 1 aliphatic carbocycles. The highest BCUT2D eigenvalue weighted by molar-refractivity contribution is 5.91. The van der Waals surface area contributed by atoms with Crippen LogP contribution in [-0.4, -0.2) is 36.7 Å². The van der Waals surface area contributed by atoms with Crippen molar-refractivity contribution >= 4 is 17.6 Å². The predicted molar refractivity (Wildman–Crippen MR) is 124 cm³/mol. The van der Waals surface area contributed by atoms with Gasteiger partial charge >= 0.3 is 5.97 Å². The number of carbonyl (C=O) groups excluding carboxylic acids is 1. The number of hydrogen-bond acceptors (Lipinski definition) is 4. The molecule has 4 rings (SSSR count). The molecule has 1 saturated carbocycles. The number of anilines is 1. The van der Waals surface area contributed by atoms with Crippen molar-refractivity contribution in [2.45, 2.75) is 51.5 Å². The lowest BCUT2D eigenvalue weighted by Crippen LogP contribution is -2.32. The van der Waals surface area contributed by atoms with E-state index in [1.54, 1.807) is 12.1 Å². The Balaban J connectivity index is 1.51. The number of rotatable bonds is 10. The number of ether oxygens (including phenoxy) is 1. The van der Waals surface area contributed by atoms with Gasteiger partial charge in [-0.25, -0.2) is 4.79 Å². The van der Waals surface area contributed by atoms with E-state index in [0.717, 1.165) is 25.1 Å². The molecule has 0 spiro atoms. The van der Waals surface area contributed by atoms with Gasteiger partial charge in [0.15, 0.2) is 0 Å². The Morgan fingerprint density at radius 3 is 2.59 bits per heavy atom. The molecular weight excluding hydrogens is 404 g/mol. The zero-order chi connectivity index (χ0) is 22.5. The lowest BCUT2D eigenvalue weighted by atomic mass is 9.98. The molecule has 2 aromatic carbocycles. The molecule has 1 aliphatic heterocycles. The van der Waals surface area contributed by atoms with E-state index >= 15 is 0 Å². The summed E-state index contributed by atoms with van der Waals surface area (Å²) in [5, 5.41) is 12.6. The van der Waals surface area contributed by atoms with E-state index in [1.807, 2.05) is 6.92 Å². The molecule has 170 valence electrons. The van der Waals surface area contributed by atoms with Crippen LogP contribution in [0, 0.1) is 5.92 Å². The van der Waals surface area contributed by atoms with Crippen molar-refractivity contribution in [2.24, 2.45) is 5.92 Å². The van der Waals surface area contributed by atoms with Crippen LogP contribution < -0.4 is 15.0 Å². The Hall–Kier alpha value is -3.02. The van der Waals surface area contributed by atoms with Gasteiger partial charge in [0, 0.05) is 18.8 Å². The molecule has 1 atom stereocenters. The summed E-state index contributed by atoms with van der Waals surface area (Å²) < 4.78 is 5.49. The zero-order valence-corrected chi connectivity index (χ0v) is 18.7. The maximum absolute atomic E-state index is 13.0. The second-order valence-corrected chi connectivity index (χ2v) is 8.80. The molecule has 1 heterocycles. The molecule has 2 fully saturated rings. The van der Waals surface area contributed by atoms with Gasteiger partial charge in [0.1, 0.15) is 11.3 Å². The number of nitrogens with zero attached hydrogens (tertiary/aromatic N) is 1. The summed E-state index contributed by atoms with van der Waals surface area (Å²) in [7, 11) is 0. The summed E-state index contributed by atoms with van der Waals surface area (Å²) in [6, 6.07) is 13.3. The van der Waals surface area contributed by atoms with Gasteiger partial charge in [0.05, 0.1) is 19.1 Å². The van der Waals surface area contributed by atoms with Crippen LogP contribution in [-0.2, 0) is 11.2 Å². The number of carbonyl (C=O) groups is 2. The van der Waals surface area contributed by atoms with Crippen molar-refractivity contribution in [3.05, 3.63) is 59.2 Å². The standard InChI is InChI=1S/C26H32N2O4/c1-2-32-24-16-19(11-12-21(24)26(30)31)17-25(29)27-22(15-18-9-10-18)20-7-3-4-8-23(20)28-13-5-6-14-28/h3-4,7-8,11-12,16,18,22H,2,5-6,9-10,13-15,17H2,1H3,(H,27,29)(H,30,31). The van der Waals surface area contributed by atoms with E-state index in [0.29, 0.717) is 18.3 Å². The van der Waals surface area contributed by atoms with E-state index < -0.39 is 5.97 Å². The highest BCUT2D eigenvalue weighted by Crippen LogP contribution is 2.40. The normalized spacial score (nSPS) is 16.6. The second-order valence-electron chi connectivity index (χ2n) is 8.80. The Kier molecular flexibility index (Phi) is 6.98. The fourth-order valence-electron chi connectivity index (χ4n) is 4.54. The average Bonchev–Trinajstić information content (AvgIpc) is 3.42. The van der Waals surface area contributed by atoms with Crippen LogP contribution in [0.3, 0.4) is 0 Å². The van der Waals surface area contributed by atoms with Gasteiger partial charge in [-0.15, -0.1) is 0 Å². The third kappa shape index (κ3) is 5.42. The first-order chi connectivity index (χ1) is 15.5. The summed E-state index contributed by atoms with van der Waals surface area (Å²) in [6.07, 6.45) is 6.02. The molecular formula is C26H32N2O4. The molecule has 6 heteroatoms. The van der Waals surface area contributed by atoms with Crippen molar-refractivity contribution in [2.75, 3.05) is 24.6 Å². The maximum Gasteiger partial charge on any atom is 0.339 e. The first-order valence-electron chi connectivity index (χ1n) is 11.7. The van der Waals surface area contributed by atoms with Crippen LogP contribution in [0.5, 0.6) is 5.75 Å². The van der Waals surface area contributed by atoms with Gasteiger partial charge in [0.2, 0.25) is 5.91 Å². The van der Waals surface area contributed by atoms with Crippen LogP contribution in [0.2, 0.25) is 0 Å². The van der Waals surface area contributed by atoms with E-state index in [1.165, 1.54) is 43.0 Å². The van der Waals surface area contributed by atoms with E-state index in [2.05, 4.69) is 34.5 Å². The van der Waals surface area contributed by atoms with Crippen LogP contribution in [0.1, 0.15) is 66.6 Å². The quantitative estimate of drug-likeness (QED) is 0.570. The van der Waals surface area contributed by atoms with Crippen LogP contribution in [0.4, 0.5) is 5.69 Å². The summed E-state index contributed by atoms with van der Waals surface area (Å²) in [5.74, 6) is -0.115. The maximum atomic E-state index is 13.0. The summed E-state index contributed by atoms with van der Waals surface area (Å²) in [5.41, 5.74) is 3.29. The third-order valence-electron chi connectivity index (χ3n) is 6.30. The number of benzene rings is 2. The number of carboxylic acid groups (broad SMARTS) is 1. The number of nitrogens with one attached hydrogen (secondary N) is 1. The second kappa shape index (κ2) is 10.1. The van der Waals surface area contributed by atoms with Crippen molar-refractivity contribution in [1.29, 1.82) is 0 Å². The highest BCUT2D eigenvalue weighted by Gasteiger charge is 2.29. The van der Waals surface area contributed by atoms with E-state index in [9.17, 15) is 14.7 Å². The Labute approximate surface area is 189 Å². The first-order valence-corrected chi connectivity index (χ1v) is 11.7. The molecule has 0 bridgehead atoms. The first kappa shape index (κ1) is 22.2. The SMILES string of the molecule is CCOc1cc(CC(=O)NC(CC2CC2)c2ccccc2N2CCCC2)ccc1C(=O)O. The third-order valence-corrected chi connectivity index (χ3v) is 6.30. The number of amides is 1. The Bertz CT molecular complexity index is 964. The fourth-order valence-corrected chi connectivity index (χ4v) is 4.54. The van der Waals surface area contributed by atoms with E-state index in [-0.39, 0.29) is 23.9 Å². The monoisotopic (exact) mass is 436 g/mol. The molecule has 1 saturated heterocycles. The number of para-hydroxylation sites is 1. The van der Waals surface area contributed by atoms with Gasteiger partial charge in [-0.2, -0.15) is 0 Å². The number of carboxylic acids is 1. The van der Waals surface area contributed by atoms with E-state index in [4.69, 9.17) is 4.74 Å². The number of hydrogen-bond donors (Lipinski definition) is 2. The Morgan fingerprint density at radius 1 is 1.16 bits per heavy atom. The molecule has 2 aromatic rings. The molecule has 0 radical (unpaired) electrons. The topological polar surface area (TPSA) is 78.9 Å². The zero-order valence-electron chi connectivity index (χ0n) is 18.7. The highest BCUT2D eigenvalue weighted by atomic mass is 16.5. The van der Waals surface area contributed by atoms with Crippen molar-refractivity contribution < 1.29 is 19.4 Å². The minimum absolute atomic E-state index is 0.0172. The smallest absolute Gasteiger partial charge is 0.339 e. The predicted octanol–water partition coefficient (Wildman–Crippen LogP) is 4.58. The summed E-state index contributed by atoms with van der Waals surface area (Å²) in [4.78, 5) is 26.9. The minimum atomic E-state index is -1.03. The van der Waals surface area contributed by atoms with Crippen molar-refractivity contribution in [3.63, 3.8) is 0 Å². The van der Waals surface area contributed by atoms with Gasteiger partial charge in [0.25, 0.3) is 0 Å². The largest absolute Gasteiger partial charge is 0.493 e. The van der Waals surface area contributed by atoms with Crippen molar-refractivity contribution in [3.8, 4) is 5.75 Å². The van der Waals surface area contributed by atoms with Crippen LogP contribution >= 0.6 is 0 Å². The lowest BCUT2D eigenvalue weighted by molar-refractivity contribution is -0.121. The molecule has 1 unspecified atom stereocenters. The molecule has 0 aromatic heterocycles. The summed E-state index contributed by atoms with van der Waals surface area (Å²) >= 11 is 0. The molecule has 1 amide bonds. The van der Waals surface area contributed by atoms with Crippen molar-refractivity contribution in [1.82, 2.24) is 5.32 Å². The Morgan fingerprint density at radius 2 is 1.91 bits per heavy atom. The van der Waals surface area contributed by atoms with Gasteiger partial charge < -0.3 is 20.1 Å². The average molecular weight is 437 g/mol. The van der Waals surface area contributed by atoms with Crippen LogP contribution in [0.25, 0.3) is 0 Å². The lowest BCUT2D eigenvalue weighted by Gasteiger charge is -2.27. The van der Waals surface area contributed by atoms with Crippen LogP contribution in [0.15, 0.2) is 42.5 Å². The molecule has 2 N–H and O–H groups in total. The fraction of sp³-hybridized carbons (Fsp3) is 0.462. The molecule has 6 nitrogen and oxygen atoms in total.